The monoisotopic (exact) mass is 411 g/mol. The minimum atomic E-state index is -3.44. The number of hydrogen-bond acceptors (Lipinski definition) is 4. The minimum absolute atomic E-state index is 0.141. The number of nitrogens with one attached hydrogen (secondary N) is 1. The zero-order valence-corrected chi connectivity index (χ0v) is 17.2. The molecule has 1 aliphatic rings. The Hall–Kier alpha value is -1.28. The van der Waals surface area contributed by atoms with Crippen molar-refractivity contribution in [1.29, 1.82) is 0 Å². The third-order valence-corrected chi connectivity index (χ3v) is 4.03. The highest BCUT2D eigenvalue weighted by Crippen LogP contribution is 2.25. The summed E-state index contributed by atoms with van der Waals surface area (Å²) >= 11 is 5.64. The Labute approximate surface area is 164 Å². The van der Waals surface area contributed by atoms with Gasteiger partial charge in [-0.1, -0.05) is 0 Å². The number of alkyl halides is 3. The smallest absolute Gasteiger partial charge is 0.407 e. The molecule has 0 radical (unpaired) electrons. The third-order valence-electron chi connectivity index (χ3n) is 3.90. The van der Waals surface area contributed by atoms with Crippen LogP contribution in [-0.2, 0) is 4.74 Å². The number of piperidine rings is 1. The second kappa shape index (κ2) is 9.78. The zero-order valence-electron chi connectivity index (χ0n) is 16.5. The van der Waals surface area contributed by atoms with E-state index in [1.54, 1.807) is 20.8 Å². The van der Waals surface area contributed by atoms with E-state index in [9.17, 15) is 18.0 Å². The van der Waals surface area contributed by atoms with Crippen LogP contribution in [0.3, 0.4) is 0 Å². The first-order chi connectivity index (χ1) is 12.3. The molecule has 0 aromatic heterocycles. The molecule has 0 aromatic carbocycles. The number of allylic oxidation sites excluding steroid dienone is 2. The molecule has 1 heterocycles. The zero-order chi connectivity index (χ0) is 20.8. The van der Waals surface area contributed by atoms with E-state index in [0.717, 1.165) is 13.1 Å². The number of amides is 1. The molecule has 0 aromatic rings. The summed E-state index contributed by atoms with van der Waals surface area (Å²) in [4.78, 5) is 16.8. The molecule has 156 valence electrons. The van der Waals surface area contributed by atoms with Gasteiger partial charge >= 0.3 is 12.0 Å². The van der Waals surface area contributed by atoms with Crippen molar-refractivity contribution in [2.45, 2.75) is 63.5 Å². The van der Waals surface area contributed by atoms with E-state index in [1.807, 2.05) is 0 Å². The van der Waals surface area contributed by atoms with Crippen LogP contribution in [0, 0.1) is 0 Å². The molecule has 0 saturated carbocycles. The number of hydrogen-bond donors (Lipinski definition) is 1. The lowest BCUT2D eigenvalue weighted by Gasteiger charge is -2.34. The Bertz CT molecular complexity index is 567. The normalized spacial score (nSPS) is 19.7. The number of carbonyl (C=O) groups excluding carboxylic acids is 1. The van der Waals surface area contributed by atoms with Crippen LogP contribution in [0.1, 0.15) is 40.5 Å². The summed E-state index contributed by atoms with van der Waals surface area (Å²) in [5, 5.41) is 2.03. The lowest BCUT2D eigenvalue weighted by atomic mass is 10.0. The van der Waals surface area contributed by atoms with Gasteiger partial charge in [-0.25, -0.2) is 9.18 Å². The Morgan fingerprint density at radius 2 is 1.93 bits per heavy atom. The molecule has 1 aliphatic heterocycles. The van der Waals surface area contributed by atoms with Gasteiger partial charge < -0.3 is 10.1 Å². The SMILES string of the molecule is CN=C(/C(F)=C\C(C)Cl)C(F)(F)CN1CCC(NC(=O)OC(C)(C)C)CC1. The Balaban J connectivity index is 2.59. The molecular weight excluding hydrogens is 383 g/mol. The lowest BCUT2D eigenvalue weighted by Crippen LogP contribution is -2.50. The van der Waals surface area contributed by atoms with Crippen LogP contribution >= 0.6 is 11.6 Å². The van der Waals surface area contributed by atoms with E-state index in [4.69, 9.17) is 16.3 Å². The first-order valence-corrected chi connectivity index (χ1v) is 9.36. The second-order valence-electron chi connectivity index (χ2n) is 7.67. The van der Waals surface area contributed by atoms with E-state index >= 15 is 0 Å². The Kier molecular flexibility index (Phi) is 8.60. The maximum atomic E-state index is 14.5. The van der Waals surface area contributed by atoms with Gasteiger partial charge in [0.1, 0.15) is 17.1 Å². The maximum absolute atomic E-state index is 14.5. The Morgan fingerprint density at radius 3 is 2.37 bits per heavy atom. The van der Waals surface area contributed by atoms with Crippen molar-refractivity contribution < 1.29 is 22.7 Å². The molecule has 0 aliphatic carbocycles. The molecule has 1 N–H and O–H groups in total. The number of halogens is 4. The molecule has 0 spiro atoms. The standard InChI is InChI=1S/C18H29ClF3N3O2/c1-12(19)10-14(20)15(23-5)18(21,22)11-25-8-6-13(7-9-25)24-16(26)27-17(2,3)4/h10,12-13H,6-9,11H2,1-5H3,(H,24,26)/b14-10+,23-15?. The van der Waals surface area contributed by atoms with E-state index in [1.165, 1.54) is 11.8 Å². The molecule has 1 saturated heterocycles. The van der Waals surface area contributed by atoms with Gasteiger partial charge in [-0.15, -0.1) is 11.6 Å². The van der Waals surface area contributed by atoms with E-state index in [0.29, 0.717) is 25.9 Å². The number of ether oxygens (including phenoxy) is 1. The molecule has 27 heavy (non-hydrogen) atoms. The maximum Gasteiger partial charge on any atom is 0.407 e. The molecule has 1 amide bonds. The van der Waals surface area contributed by atoms with E-state index in [2.05, 4.69) is 10.3 Å². The van der Waals surface area contributed by atoms with Crippen LogP contribution in [0.2, 0.25) is 0 Å². The number of aliphatic imine (C=N–C) groups is 1. The van der Waals surface area contributed by atoms with Crippen LogP contribution in [-0.4, -0.2) is 66.3 Å². The third kappa shape index (κ3) is 8.51. The van der Waals surface area contributed by atoms with E-state index in [-0.39, 0.29) is 6.04 Å². The molecule has 1 fully saturated rings. The van der Waals surface area contributed by atoms with Gasteiger partial charge in [-0.2, -0.15) is 8.78 Å². The second-order valence-corrected chi connectivity index (χ2v) is 8.35. The topological polar surface area (TPSA) is 53.9 Å². The fourth-order valence-electron chi connectivity index (χ4n) is 2.79. The molecule has 9 heteroatoms. The number of nitrogens with zero attached hydrogens (tertiary/aromatic N) is 2. The quantitative estimate of drug-likeness (QED) is 0.527. The first-order valence-electron chi connectivity index (χ1n) is 8.93. The molecule has 0 bridgehead atoms. The summed E-state index contributed by atoms with van der Waals surface area (Å²) in [5.74, 6) is -4.54. The average Bonchev–Trinajstić information content (AvgIpc) is 2.46. The fourth-order valence-corrected chi connectivity index (χ4v) is 2.90. The van der Waals surface area contributed by atoms with Crippen LogP contribution in [0.5, 0.6) is 0 Å². The summed E-state index contributed by atoms with van der Waals surface area (Å²) < 4.78 is 48.2. The summed E-state index contributed by atoms with van der Waals surface area (Å²) in [5.41, 5.74) is -1.50. The predicted octanol–water partition coefficient (Wildman–Crippen LogP) is 4.16. The number of rotatable bonds is 6. The minimum Gasteiger partial charge on any atom is -0.444 e. The van der Waals surface area contributed by atoms with Gasteiger partial charge in [-0.3, -0.25) is 9.89 Å². The largest absolute Gasteiger partial charge is 0.444 e. The summed E-state index contributed by atoms with van der Waals surface area (Å²) in [6.07, 6.45) is 1.40. The van der Waals surface area contributed by atoms with Crippen LogP contribution in [0.4, 0.5) is 18.0 Å². The predicted molar refractivity (Wildman–Crippen MR) is 102 cm³/mol. The van der Waals surface area contributed by atoms with Gasteiger partial charge in [0.25, 0.3) is 0 Å². The number of carbonyl (C=O) groups is 1. The molecular formula is C18H29ClF3N3O2. The van der Waals surface area contributed by atoms with Crippen molar-refractivity contribution in [3.63, 3.8) is 0 Å². The molecule has 5 nitrogen and oxygen atoms in total. The van der Waals surface area contributed by atoms with Crippen molar-refractivity contribution >= 4 is 23.4 Å². The first kappa shape index (κ1) is 23.8. The summed E-state index contributed by atoms with van der Waals surface area (Å²) in [7, 11) is 1.13. The van der Waals surface area contributed by atoms with Crippen LogP contribution in [0.15, 0.2) is 16.9 Å². The van der Waals surface area contributed by atoms with Crippen LogP contribution < -0.4 is 5.32 Å². The van der Waals surface area contributed by atoms with Crippen molar-refractivity contribution in [3.8, 4) is 0 Å². The number of likely N-dealkylation sites (tertiary alicyclic amines) is 1. The van der Waals surface area contributed by atoms with Crippen LogP contribution in [0.25, 0.3) is 0 Å². The van der Waals surface area contributed by atoms with Crippen molar-refractivity contribution in [3.05, 3.63) is 11.9 Å². The summed E-state index contributed by atoms with van der Waals surface area (Å²) in [6, 6.07) is -0.141. The Morgan fingerprint density at radius 1 is 1.37 bits per heavy atom. The van der Waals surface area contributed by atoms with Gasteiger partial charge in [0.05, 0.1) is 11.9 Å². The van der Waals surface area contributed by atoms with Gasteiger partial charge in [0.15, 0.2) is 0 Å². The lowest BCUT2D eigenvalue weighted by molar-refractivity contribution is 0.0194. The molecule has 1 atom stereocenters. The van der Waals surface area contributed by atoms with E-state index < -0.39 is 41.1 Å². The van der Waals surface area contributed by atoms with Crippen molar-refractivity contribution in [2.75, 3.05) is 26.7 Å². The number of alkyl carbamates (subject to hydrolysis) is 1. The van der Waals surface area contributed by atoms with Gasteiger partial charge in [0.2, 0.25) is 0 Å². The van der Waals surface area contributed by atoms with Crippen molar-refractivity contribution in [2.24, 2.45) is 4.99 Å². The molecule has 1 unspecified atom stereocenters. The fraction of sp³-hybridized carbons (Fsp3) is 0.778. The van der Waals surface area contributed by atoms with Crippen molar-refractivity contribution in [1.82, 2.24) is 10.2 Å². The molecule has 1 rings (SSSR count). The average molecular weight is 412 g/mol. The summed E-state index contributed by atoms with van der Waals surface area (Å²) in [6.45, 7) is 6.84. The highest BCUT2D eigenvalue weighted by molar-refractivity contribution is 6.22. The highest BCUT2D eigenvalue weighted by Gasteiger charge is 2.41. The van der Waals surface area contributed by atoms with Gasteiger partial charge in [-0.05, 0) is 46.6 Å². The van der Waals surface area contributed by atoms with Gasteiger partial charge in [0, 0.05) is 26.2 Å². The highest BCUT2D eigenvalue weighted by atomic mass is 35.5.